The summed E-state index contributed by atoms with van der Waals surface area (Å²) in [6.07, 6.45) is 5.06. The first-order valence-corrected chi connectivity index (χ1v) is 3.70. The van der Waals surface area contributed by atoms with E-state index in [-0.39, 0.29) is 6.61 Å². The first kappa shape index (κ1) is 7.18. The second-order valence-corrected chi connectivity index (χ2v) is 2.52. The van der Waals surface area contributed by atoms with Crippen molar-refractivity contribution < 1.29 is 5.11 Å². The molecule has 12 heavy (non-hydrogen) atoms. The topological polar surface area (TPSA) is 46.0 Å². The van der Waals surface area contributed by atoms with Crippen molar-refractivity contribution in [2.75, 3.05) is 0 Å². The Hall–Kier alpha value is -1.48. The highest BCUT2D eigenvalue weighted by atomic mass is 16.3. The molecule has 2 heterocycles. The van der Waals surface area contributed by atoms with Gasteiger partial charge in [0.25, 0.3) is 0 Å². The van der Waals surface area contributed by atoms with Gasteiger partial charge in [0.05, 0.1) is 18.3 Å². The highest BCUT2D eigenvalue weighted by Crippen LogP contribution is 2.14. The van der Waals surface area contributed by atoms with E-state index in [1.807, 2.05) is 12.1 Å². The number of hydrogen-bond acceptors (Lipinski definition) is 3. The van der Waals surface area contributed by atoms with Gasteiger partial charge in [0, 0.05) is 17.8 Å². The summed E-state index contributed by atoms with van der Waals surface area (Å²) in [6.45, 7) is 0.0447. The third-order valence-electron chi connectivity index (χ3n) is 1.81. The molecule has 0 bridgehead atoms. The van der Waals surface area contributed by atoms with Gasteiger partial charge in [0.2, 0.25) is 0 Å². The zero-order valence-electron chi connectivity index (χ0n) is 6.44. The fourth-order valence-electron chi connectivity index (χ4n) is 1.20. The number of aliphatic hydroxyl groups excluding tert-OH is 1. The van der Waals surface area contributed by atoms with Crippen molar-refractivity contribution in [3.8, 4) is 0 Å². The maximum atomic E-state index is 8.99. The molecule has 0 radical (unpaired) electrons. The maximum Gasteiger partial charge on any atom is 0.0888 e. The summed E-state index contributed by atoms with van der Waals surface area (Å²) < 4.78 is 0. The molecule has 2 aromatic rings. The van der Waals surface area contributed by atoms with Crippen LogP contribution >= 0.6 is 0 Å². The molecule has 0 aliphatic rings. The van der Waals surface area contributed by atoms with Gasteiger partial charge in [0.15, 0.2) is 0 Å². The van der Waals surface area contributed by atoms with Gasteiger partial charge in [-0.15, -0.1) is 0 Å². The van der Waals surface area contributed by atoms with E-state index in [1.165, 1.54) is 0 Å². The largest absolute Gasteiger partial charge is 0.392 e. The first-order chi connectivity index (χ1) is 5.92. The van der Waals surface area contributed by atoms with Crippen LogP contribution < -0.4 is 0 Å². The summed E-state index contributed by atoms with van der Waals surface area (Å²) in [7, 11) is 0. The molecule has 0 unspecified atom stereocenters. The molecule has 0 spiro atoms. The van der Waals surface area contributed by atoms with Gasteiger partial charge in [-0.05, 0) is 17.7 Å². The Balaban J connectivity index is 2.79. The number of hydrogen-bond donors (Lipinski definition) is 1. The molecule has 0 aromatic carbocycles. The second kappa shape index (κ2) is 2.87. The van der Waals surface area contributed by atoms with Crippen LogP contribution in [0.4, 0.5) is 0 Å². The van der Waals surface area contributed by atoms with Crippen LogP contribution in [0.15, 0.2) is 30.7 Å². The van der Waals surface area contributed by atoms with Crippen molar-refractivity contribution in [1.29, 1.82) is 0 Å². The Labute approximate surface area is 69.7 Å². The molecule has 3 nitrogen and oxygen atoms in total. The lowest BCUT2D eigenvalue weighted by atomic mass is 10.1. The molecule has 2 rings (SSSR count). The highest BCUT2D eigenvalue weighted by Gasteiger charge is 1.98. The summed E-state index contributed by atoms with van der Waals surface area (Å²) in [4.78, 5) is 8.06. The van der Waals surface area contributed by atoms with E-state index in [0.29, 0.717) is 0 Å². The minimum atomic E-state index is 0.0447. The van der Waals surface area contributed by atoms with Crippen molar-refractivity contribution in [3.05, 3.63) is 36.3 Å². The average molecular weight is 160 g/mol. The number of rotatable bonds is 1. The van der Waals surface area contributed by atoms with Gasteiger partial charge in [-0.25, -0.2) is 0 Å². The van der Waals surface area contributed by atoms with Crippen molar-refractivity contribution >= 4 is 10.9 Å². The minimum Gasteiger partial charge on any atom is -0.392 e. The van der Waals surface area contributed by atoms with E-state index < -0.39 is 0 Å². The van der Waals surface area contributed by atoms with Crippen LogP contribution in [-0.4, -0.2) is 15.1 Å². The second-order valence-electron chi connectivity index (χ2n) is 2.52. The quantitative estimate of drug-likeness (QED) is 0.680. The monoisotopic (exact) mass is 160 g/mol. The normalized spacial score (nSPS) is 10.4. The van der Waals surface area contributed by atoms with Crippen molar-refractivity contribution in [1.82, 2.24) is 9.97 Å². The summed E-state index contributed by atoms with van der Waals surface area (Å²) in [5.41, 5.74) is 1.71. The number of aliphatic hydroxyl groups is 1. The summed E-state index contributed by atoms with van der Waals surface area (Å²) in [5, 5.41) is 9.96. The minimum absolute atomic E-state index is 0.0447. The van der Waals surface area contributed by atoms with Crippen molar-refractivity contribution in [3.63, 3.8) is 0 Å². The number of nitrogens with zero attached hydrogens (tertiary/aromatic N) is 2. The van der Waals surface area contributed by atoms with Gasteiger partial charge in [0.1, 0.15) is 0 Å². The molecule has 0 saturated heterocycles. The van der Waals surface area contributed by atoms with Gasteiger partial charge in [-0.2, -0.15) is 0 Å². The number of fused-ring (bicyclic) bond motifs is 1. The molecule has 1 N–H and O–H groups in total. The van der Waals surface area contributed by atoms with E-state index in [0.717, 1.165) is 16.5 Å². The predicted molar refractivity (Wildman–Crippen MR) is 45.5 cm³/mol. The summed E-state index contributed by atoms with van der Waals surface area (Å²) >= 11 is 0. The third-order valence-corrected chi connectivity index (χ3v) is 1.81. The SMILES string of the molecule is OCc1ccnc2cnccc12. The zero-order valence-corrected chi connectivity index (χ0v) is 6.44. The van der Waals surface area contributed by atoms with Gasteiger partial charge in [-0.3, -0.25) is 9.97 Å². The van der Waals surface area contributed by atoms with Crippen LogP contribution in [0.3, 0.4) is 0 Å². The number of pyridine rings is 2. The van der Waals surface area contributed by atoms with Gasteiger partial charge < -0.3 is 5.11 Å². The van der Waals surface area contributed by atoms with Crippen LogP contribution in [0.5, 0.6) is 0 Å². The smallest absolute Gasteiger partial charge is 0.0888 e. The first-order valence-electron chi connectivity index (χ1n) is 3.70. The van der Waals surface area contributed by atoms with Crippen LogP contribution in [0.2, 0.25) is 0 Å². The summed E-state index contributed by atoms with van der Waals surface area (Å²) in [6, 6.07) is 3.66. The fourth-order valence-corrected chi connectivity index (χ4v) is 1.20. The molecular weight excluding hydrogens is 152 g/mol. The van der Waals surface area contributed by atoms with Crippen molar-refractivity contribution in [2.45, 2.75) is 6.61 Å². The van der Waals surface area contributed by atoms with Crippen molar-refractivity contribution in [2.24, 2.45) is 0 Å². The molecule has 0 amide bonds. The molecule has 2 aromatic heterocycles. The molecule has 60 valence electrons. The van der Waals surface area contributed by atoms with E-state index >= 15 is 0 Å². The average Bonchev–Trinajstić information content (AvgIpc) is 2.17. The lowest BCUT2D eigenvalue weighted by molar-refractivity contribution is 0.283. The molecule has 0 aliphatic carbocycles. The Morgan fingerprint density at radius 1 is 1.25 bits per heavy atom. The molecule has 3 heteroatoms. The fraction of sp³-hybridized carbons (Fsp3) is 0.111. The number of aromatic nitrogens is 2. The maximum absolute atomic E-state index is 8.99. The lowest BCUT2D eigenvalue weighted by Gasteiger charge is -2.00. The van der Waals surface area contributed by atoms with Gasteiger partial charge >= 0.3 is 0 Å². The van der Waals surface area contributed by atoms with Gasteiger partial charge in [-0.1, -0.05) is 0 Å². The van der Waals surface area contributed by atoms with E-state index in [4.69, 9.17) is 5.11 Å². The Bertz CT molecular complexity index is 395. The van der Waals surface area contributed by atoms with E-state index in [9.17, 15) is 0 Å². The molecular formula is C9H8N2O. The summed E-state index contributed by atoms with van der Waals surface area (Å²) in [5.74, 6) is 0. The van der Waals surface area contributed by atoms with Crippen LogP contribution in [0, 0.1) is 0 Å². The standard InChI is InChI=1S/C9H8N2O/c12-6-7-1-4-11-9-5-10-3-2-8(7)9/h1-5,12H,6H2. The Morgan fingerprint density at radius 2 is 2.17 bits per heavy atom. The third kappa shape index (κ3) is 1.04. The van der Waals surface area contributed by atoms with Crippen LogP contribution in [0.25, 0.3) is 10.9 Å². The van der Waals surface area contributed by atoms with E-state index in [2.05, 4.69) is 9.97 Å². The Morgan fingerprint density at radius 3 is 3.00 bits per heavy atom. The van der Waals surface area contributed by atoms with Crippen LogP contribution in [0.1, 0.15) is 5.56 Å². The predicted octanol–water partition coefficient (Wildman–Crippen LogP) is 1.12. The lowest BCUT2D eigenvalue weighted by Crippen LogP contribution is -1.88. The zero-order chi connectivity index (χ0) is 8.39. The Kier molecular flexibility index (Phi) is 1.72. The highest BCUT2D eigenvalue weighted by molar-refractivity contribution is 5.80. The molecule has 0 fully saturated rings. The van der Waals surface area contributed by atoms with E-state index in [1.54, 1.807) is 18.6 Å². The molecule has 0 aliphatic heterocycles. The van der Waals surface area contributed by atoms with Crippen LogP contribution in [-0.2, 0) is 6.61 Å². The molecule has 0 saturated carbocycles. The molecule has 0 atom stereocenters.